The topological polar surface area (TPSA) is 70.5 Å². The fraction of sp³-hybridized carbons (Fsp3) is 0.100. The monoisotopic (exact) mass is 428 g/mol. The summed E-state index contributed by atoms with van der Waals surface area (Å²) in [5.74, 6) is -1.30. The van der Waals surface area contributed by atoms with Gasteiger partial charge in [0.2, 0.25) is 0 Å². The zero-order chi connectivity index (χ0) is 22.1. The maximum atomic E-state index is 13.3. The van der Waals surface area contributed by atoms with Crippen molar-refractivity contribution in [2.45, 2.75) is 12.4 Å². The standard InChI is InChI=1S/C20H14F6N2O2/c21-19(22,23)17-13(27)6-2-8-15(17)29-11-4-1-5-12(10-11)30-16-9-3-7-14(28)18(16)20(24,25)26/h1-10H,27-28H2. The number of ether oxygens (including phenoxy) is 2. The molecule has 3 aromatic carbocycles. The van der Waals surface area contributed by atoms with Gasteiger partial charge >= 0.3 is 12.4 Å². The van der Waals surface area contributed by atoms with E-state index in [9.17, 15) is 26.3 Å². The third-order valence-corrected chi connectivity index (χ3v) is 3.94. The highest BCUT2D eigenvalue weighted by Crippen LogP contribution is 2.44. The van der Waals surface area contributed by atoms with Crippen LogP contribution in [0.15, 0.2) is 60.7 Å². The zero-order valence-corrected chi connectivity index (χ0v) is 15.0. The lowest BCUT2D eigenvalue weighted by atomic mass is 10.1. The molecule has 0 heterocycles. The molecule has 0 atom stereocenters. The van der Waals surface area contributed by atoms with Crippen LogP contribution in [0, 0.1) is 0 Å². The van der Waals surface area contributed by atoms with Crippen molar-refractivity contribution in [3.8, 4) is 23.0 Å². The molecule has 0 radical (unpaired) electrons. The number of rotatable bonds is 4. The van der Waals surface area contributed by atoms with Crippen LogP contribution in [-0.2, 0) is 12.4 Å². The van der Waals surface area contributed by atoms with Gasteiger partial charge in [-0.1, -0.05) is 18.2 Å². The van der Waals surface area contributed by atoms with E-state index in [0.29, 0.717) is 0 Å². The minimum absolute atomic E-state index is 0.0962. The number of nitrogen functional groups attached to an aromatic ring is 2. The number of hydrogen-bond acceptors (Lipinski definition) is 4. The smallest absolute Gasteiger partial charge is 0.421 e. The van der Waals surface area contributed by atoms with Gasteiger partial charge in [0, 0.05) is 17.4 Å². The molecule has 0 aliphatic carbocycles. The van der Waals surface area contributed by atoms with Crippen LogP contribution in [0.2, 0.25) is 0 Å². The van der Waals surface area contributed by atoms with Gasteiger partial charge in [-0.25, -0.2) is 0 Å². The van der Waals surface area contributed by atoms with Crippen LogP contribution in [-0.4, -0.2) is 0 Å². The number of alkyl halides is 6. The van der Waals surface area contributed by atoms with Crippen LogP contribution in [0.25, 0.3) is 0 Å². The second-order valence-electron chi connectivity index (χ2n) is 6.12. The molecule has 0 unspecified atom stereocenters. The van der Waals surface area contributed by atoms with E-state index >= 15 is 0 Å². The highest BCUT2D eigenvalue weighted by molar-refractivity contribution is 5.58. The molecule has 0 spiro atoms. The molecule has 4 N–H and O–H groups in total. The van der Waals surface area contributed by atoms with Crippen LogP contribution < -0.4 is 20.9 Å². The van der Waals surface area contributed by atoms with E-state index < -0.39 is 46.4 Å². The fourth-order valence-electron chi connectivity index (χ4n) is 2.73. The van der Waals surface area contributed by atoms with Gasteiger partial charge in [-0.05, 0) is 36.4 Å². The maximum absolute atomic E-state index is 13.3. The van der Waals surface area contributed by atoms with Gasteiger partial charge in [-0.15, -0.1) is 0 Å². The van der Waals surface area contributed by atoms with Crippen LogP contribution >= 0.6 is 0 Å². The molecular weight excluding hydrogens is 414 g/mol. The highest BCUT2D eigenvalue weighted by atomic mass is 19.4. The summed E-state index contributed by atoms with van der Waals surface area (Å²) < 4.78 is 90.2. The van der Waals surface area contributed by atoms with Gasteiger partial charge in [0.25, 0.3) is 0 Å². The summed E-state index contributed by atoms with van der Waals surface area (Å²) in [6, 6.07) is 12.0. The van der Waals surface area contributed by atoms with Gasteiger partial charge in [0.1, 0.15) is 34.1 Å². The Hall–Kier alpha value is -3.56. The molecule has 3 aromatic rings. The molecule has 4 nitrogen and oxygen atoms in total. The molecule has 0 amide bonds. The van der Waals surface area contributed by atoms with E-state index in [-0.39, 0.29) is 11.5 Å². The van der Waals surface area contributed by atoms with Gasteiger partial charge in [0.15, 0.2) is 0 Å². The lowest BCUT2D eigenvalue weighted by Gasteiger charge is -2.17. The normalized spacial score (nSPS) is 11.9. The third-order valence-electron chi connectivity index (χ3n) is 3.94. The number of halogens is 6. The third kappa shape index (κ3) is 4.53. The Labute approximate surface area is 166 Å². The molecule has 0 bridgehead atoms. The summed E-state index contributed by atoms with van der Waals surface area (Å²) in [5, 5.41) is 0. The molecule has 0 fully saturated rings. The van der Waals surface area contributed by atoms with E-state index in [1.807, 2.05) is 0 Å². The average molecular weight is 428 g/mol. The molecule has 0 saturated carbocycles. The van der Waals surface area contributed by atoms with Crippen LogP contribution in [0.3, 0.4) is 0 Å². The van der Waals surface area contributed by atoms with E-state index in [1.54, 1.807) is 0 Å². The molecular formula is C20H14F6N2O2. The minimum atomic E-state index is -4.77. The molecule has 0 saturated heterocycles. The van der Waals surface area contributed by atoms with Crippen molar-refractivity contribution in [2.75, 3.05) is 11.5 Å². The van der Waals surface area contributed by atoms with E-state index in [1.165, 1.54) is 30.3 Å². The summed E-state index contributed by atoms with van der Waals surface area (Å²) in [4.78, 5) is 0. The van der Waals surface area contributed by atoms with E-state index in [2.05, 4.69) is 0 Å². The first-order chi connectivity index (χ1) is 14.0. The quantitative estimate of drug-likeness (QED) is 0.369. The van der Waals surface area contributed by atoms with Crippen LogP contribution in [0.4, 0.5) is 37.7 Å². The number of benzene rings is 3. The van der Waals surface area contributed by atoms with Crippen molar-refractivity contribution in [1.82, 2.24) is 0 Å². The second-order valence-corrected chi connectivity index (χ2v) is 6.12. The molecule has 10 heteroatoms. The lowest BCUT2D eigenvalue weighted by Crippen LogP contribution is -2.11. The number of hydrogen-bond donors (Lipinski definition) is 2. The number of nitrogens with two attached hydrogens (primary N) is 2. The maximum Gasteiger partial charge on any atom is 0.421 e. The molecule has 3 rings (SSSR count). The Bertz CT molecular complexity index is 983. The second kappa shape index (κ2) is 7.69. The van der Waals surface area contributed by atoms with Crippen molar-refractivity contribution >= 4 is 11.4 Å². The Morgan fingerprint density at radius 2 is 0.933 bits per heavy atom. The van der Waals surface area contributed by atoms with Crippen LogP contribution in [0.5, 0.6) is 23.0 Å². The highest BCUT2D eigenvalue weighted by Gasteiger charge is 2.38. The summed E-state index contributed by atoms with van der Waals surface area (Å²) in [7, 11) is 0. The fourth-order valence-corrected chi connectivity index (χ4v) is 2.73. The molecule has 0 aromatic heterocycles. The summed E-state index contributed by atoms with van der Waals surface area (Å²) in [6.45, 7) is 0. The average Bonchev–Trinajstić information content (AvgIpc) is 2.60. The van der Waals surface area contributed by atoms with Gasteiger partial charge in [-0.2, -0.15) is 26.3 Å². The van der Waals surface area contributed by atoms with Gasteiger partial charge in [0.05, 0.1) is 0 Å². The SMILES string of the molecule is Nc1cccc(Oc2cccc(Oc3cccc(N)c3C(F)(F)F)c2)c1C(F)(F)F. The Morgan fingerprint density at radius 1 is 0.567 bits per heavy atom. The summed E-state index contributed by atoms with van der Waals surface area (Å²) in [6.07, 6.45) is -9.53. The predicted molar refractivity (Wildman–Crippen MR) is 98.3 cm³/mol. The number of anilines is 2. The van der Waals surface area contributed by atoms with E-state index in [4.69, 9.17) is 20.9 Å². The summed E-state index contributed by atoms with van der Waals surface area (Å²) >= 11 is 0. The molecule has 158 valence electrons. The molecule has 0 aliphatic heterocycles. The van der Waals surface area contributed by atoms with E-state index in [0.717, 1.165) is 30.3 Å². The first-order valence-corrected chi connectivity index (χ1v) is 8.34. The van der Waals surface area contributed by atoms with Crippen molar-refractivity contribution in [3.63, 3.8) is 0 Å². The van der Waals surface area contributed by atoms with Crippen molar-refractivity contribution in [3.05, 3.63) is 71.8 Å². The van der Waals surface area contributed by atoms with Crippen molar-refractivity contribution < 1.29 is 35.8 Å². The Morgan fingerprint density at radius 3 is 1.30 bits per heavy atom. The zero-order valence-electron chi connectivity index (χ0n) is 15.0. The lowest BCUT2D eigenvalue weighted by molar-refractivity contribution is -0.138. The van der Waals surface area contributed by atoms with Crippen LogP contribution in [0.1, 0.15) is 11.1 Å². The first kappa shape index (κ1) is 21.2. The first-order valence-electron chi connectivity index (χ1n) is 8.34. The van der Waals surface area contributed by atoms with Crippen molar-refractivity contribution in [2.24, 2.45) is 0 Å². The van der Waals surface area contributed by atoms with Crippen molar-refractivity contribution in [1.29, 1.82) is 0 Å². The van der Waals surface area contributed by atoms with Gasteiger partial charge < -0.3 is 20.9 Å². The predicted octanol–water partition coefficient (Wildman–Crippen LogP) is 6.47. The largest absolute Gasteiger partial charge is 0.457 e. The summed E-state index contributed by atoms with van der Waals surface area (Å²) in [5.41, 5.74) is 7.47. The minimum Gasteiger partial charge on any atom is -0.457 e. The molecule has 0 aliphatic rings. The Kier molecular flexibility index (Phi) is 5.43. The molecule has 30 heavy (non-hydrogen) atoms. The van der Waals surface area contributed by atoms with Gasteiger partial charge in [-0.3, -0.25) is 0 Å². The Balaban J connectivity index is 1.94.